The maximum absolute atomic E-state index is 12.0. The average Bonchev–Trinajstić information content (AvgIpc) is 3.05. The van der Waals surface area contributed by atoms with Crippen LogP contribution in [0.2, 0.25) is 5.02 Å². The molecule has 6 nitrogen and oxygen atoms in total. The smallest absolute Gasteiger partial charge is 0.312 e. The van der Waals surface area contributed by atoms with E-state index >= 15 is 0 Å². The van der Waals surface area contributed by atoms with Gasteiger partial charge in [-0.3, -0.25) is 9.69 Å². The predicted molar refractivity (Wildman–Crippen MR) is 100 cm³/mol. The monoisotopic (exact) mass is 382 g/mol. The Hall–Kier alpha value is -1.50. The van der Waals surface area contributed by atoms with Crippen molar-refractivity contribution in [2.24, 2.45) is 11.3 Å². The van der Waals surface area contributed by atoms with Gasteiger partial charge in [0, 0.05) is 49.7 Å². The van der Waals surface area contributed by atoms with E-state index < -0.39 is 11.4 Å². The van der Waals surface area contributed by atoms with Crippen molar-refractivity contribution in [2.45, 2.75) is 20.4 Å². The van der Waals surface area contributed by atoms with E-state index in [1.807, 2.05) is 27.0 Å². The Morgan fingerprint density at radius 3 is 2.46 bits per heavy atom. The van der Waals surface area contributed by atoms with Gasteiger partial charge < -0.3 is 19.5 Å². The molecule has 0 spiro atoms. The minimum Gasteiger partial charge on any atom is -0.490 e. The summed E-state index contributed by atoms with van der Waals surface area (Å²) in [7, 11) is 1.99. The lowest BCUT2D eigenvalue weighted by Gasteiger charge is -2.24. The maximum atomic E-state index is 12.0. The quantitative estimate of drug-likeness (QED) is 0.782. The van der Waals surface area contributed by atoms with Gasteiger partial charge in [0.15, 0.2) is 11.5 Å². The number of halogens is 1. The van der Waals surface area contributed by atoms with Gasteiger partial charge in [-0.1, -0.05) is 11.6 Å². The Bertz CT molecular complexity index is 684. The van der Waals surface area contributed by atoms with E-state index in [1.54, 1.807) is 6.07 Å². The number of aliphatic carboxylic acids is 1. The Balaban J connectivity index is 1.79. The molecule has 1 aromatic rings. The Labute approximate surface area is 159 Å². The number of carboxylic acids is 1. The van der Waals surface area contributed by atoms with Gasteiger partial charge in [-0.25, -0.2) is 0 Å². The van der Waals surface area contributed by atoms with Gasteiger partial charge in [0.05, 0.1) is 18.6 Å². The molecule has 3 rings (SSSR count). The number of carbonyl (C=O) groups is 1. The molecule has 7 heteroatoms. The van der Waals surface area contributed by atoms with Crippen molar-refractivity contribution in [3.63, 3.8) is 0 Å². The van der Waals surface area contributed by atoms with E-state index in [0.29, 0.717) is 49.4 Å². The van der Waals surface area contributed by atoms with Crippen LogP contribution in [-0.4, -0.2) is 67.3 Å². The van der Waals surface area contributed by atoms with Crippen molar-refractivity contribution < 1.29 is 19.4 Å². The van der Waals surface area contributed by atoms with Crippen molar-refractivity contribution >= 4 is 17.6 Å². The molecule has 2 aliphatic rings. The van der Waals surface area contributed by atoms with Crippen LogP contribution >= 0.6 is 11.6 Å². The molecule has 0 radical (unpaired) electrons. The fraction of sp³-hybridized carbons (Fsp3) is 0.632. The molecule has 2 saturated heterocycles. The molecule has 1 aromatic carbocycles. The number of hydrogen-bond donors (Lipinski definition) is 1. The normalized spacial score (nSPS) is 26.1. The minimum atomic E-state index is -0.692. The molecular formula is C19H27ClN2O4. The van der Waals surface area contributed by atoms with Crippen molar-refractivity contribution in [1.82, 2.24) is 9.80 Å². The van der Waals surface area contributed by atoms with Crippen LogP contribution in [0.3, 0.4) is 0 Å². The first-order valence-electron chi connectivity index (χ1n) is 9.12. The molecule has 2 aliphatic heterocycles. The lowest BCUT2D eigenvalue weighted by molar-refractivity contribution is -0.148. The van der Waals surface area contributed by atoms with Gasteiger partial charge >= 0.3 is 5.97 Å². The Morgan fingerprint density at radius 2 is 1.88 bits per heavy atom. The Kier molecular flexibility index (Phi) is 5.65. The molecule has 0 saturated carbocycles. The van der Waals surface area contributed by atoms with Crippen LogP contribution in [0.5, 0.6) is 11.5 Å². The standard InChI is InChI=1S/C19H27ClN2O4/c1-4-25-16-6-13(15(20)7-17(16)26-5-2)8-22-10-14-9-21(3)11-19(14,12-22)18(23)24/h6-7,14H,4-5,8-12H2,1-3H3,(H,23,24)/t14-,19-/m1/s1. The van der Waals surface area contributed by atoms with Gasteiger partial charge in [0.1, 0.15) is 0 Å². The third-order valence-electron chi connectivity index (χ3n) is 5.38. The lowest BCUT2D eigenvalue weighted by atomic mass is 9.81. The fourth-order valence-corrected chi connectivity index (χ4v) is 4.53. The van der Waals surface area contributed by atoms with Crippen molar-refractivity contribution in [3.8, 4) is 11.5 Å². The van der Waals surface area contributed by atoms with E-state index in [-0.39, 0.29) is 5.92 Å². The van der Waals surface area contributed by atoms with Crippen LogP contribution in [0.1, 0.15) is 19.4 Å². The molecule has 0 aliphatic carbocycles. The van der Waals surface area contributed by atoms with Crippen molar-refractivity contribution in [1.29, 1.82) is 0 Å². The second-order valence-corrected chi connectivity index (χ2v) is 7.69. The zero-order valence-electron chi connectivity index (χ0n) is 15.6. The topological polar surface area (TPSA) is 62.2 Å². The van der Waals surface area contributed by atoms with E-state index in [0.717, 1.165) is 18.7 Å². The number of hydrogen-bond acceptors (Lipinski definition) is 5. The highest BCUT2D eigenvalue weighted by molar-refractivity contribution is 6.31. The van der Waals surface area contributed by atoms with Gasteiger partial charge in [0.25, 0.3) is 0 Å². The SMILES string of the molecule is CCOc1cc(Cl)c(CN2C[C@H]3CN(C)C[C@@]3(C(=O)O)C2)cc1OCC. The maximum Gasteiger partial charge on any atom is 0.312 e. The molecule has 1 N–H and O–H groups in total. The zero-order chi connectivity index (χ0) is 18.9. The van der Waals surface area contributed by atoms with E-state index in [9.17, 15) is 9.90 Å². The largest absolute Gasteiger partial charge is 0.490 e. The highest BCUT2D eigenvalue weighted by Crippen LogP contribution is 2.43. The number of benzene rings is 1. The summed E-state index contributed by atoms with van der Waals surface area (Å²) in [6.07, 6.45) is 0. The summed E-state index contributed by atoms with van der Waals surface area (Å²) in [6, 6.07) is 3.72. The first-order chi connectivity index (χ1) is 12.4. The van der Waals surface area contributed by atoms with Crippen molar-refractivity contribution in [3.05, 3.63) is 22.7 Å². The summed E-state index contributed by atoms with van der Waals surface area (Å²) in [4.78, 5) is 16.3. The molecule has 2 atom stereocenters. The number of rotatable bonds is 7. The van der Waals surface area contributed by atoms with E-state index in [2.05, 4.69) is 9.80 Å². The van der Waals surface area contributed by atoms with Gasteiger partial charge in [0.2, 0.25) is 0 Å². The summed E-state index contributed by atoms with van der Waals surface area (Å²) in [5, 5.41) is 10.4. The van der Waals surface area contributed by atoms with Gasteiger partial charge in [-0.05, 0) is 32.5 Å². The highest BCUT2D eigenvalue weighted by atomic mass is 35.5. The first kappa shape index (κ1) is 19.3. The lowest BCUT2D eigenvalue weighted by Crippen LogP contribution is -2.40. The van der Waals surface area contributed by atoms with E-state index in [1.165, 1.54) is 0 Å². The van der Waals surface area contributed by atoms with Gasteiger partial charge in [-0.2, -0.15) is 0 Å². The number of likely N-dealkylation sites (tertiary alicyclic amines) is 2. The van der Waals surface area contributed by atoms with Crippen LogP contribution in [0.15, 0.2) is 12.1 Å². The number of ether oxygens (including phenoxy) is 2. The van der Waals surface area contributed by atoms with Crippen molar-refractivity contribution in [2.75, 3.05) is 46.4 Å². The van der Waals surface area contributed by atoms with Crippen LogP contribution < -0.4 is 9.47 Å². The zero-order valence-corrected chi connectivity index (χ0v) is 16.4. The summed E-state index contributed by atoms with van der Waals surface area (Å²) in [6.45, 7) is 8.28. The molecule has 0 amide bonds. The summed E-state index contributed by atoms with van der Waals surface area (Å²) in [5.74, 6) is 0.783. The van der Waals surface area contributed by atoms with Crippen LogP contribution in [0.25, 0.3) is 0 Å². The molecule has 0 bridgehead atoms. The number of fused-ring (bicyclic) bond motifs is 1. The third-order valence-corrected chi connectivity index (χ3v) is 5.73. The van der Waals surface area contributed by atoms with Gasteiger partial charge in [-0.15, -0.1) is 0 Å². The van der Waals surface area contributed by atoms with Crippen LogP contribution in [-0.2, 0) is 11.3 Å². The predicted octanol–water partition coefficient (Wildman–Crippen LogP) is 2.59. The average molecular weight is 383 g/mol. The minimum absolute atomic E-state index is 0.151. The Morgan fingerprint density at radius 1 is 1.23 bits per heavy atom. The molecule has 26 heavy (non-hydrogen) atoms. The molecule has 0 unspecified atom stereocenters. The third kappa shape index (κ3) is 3.50. The number of carboxylic acid groups (broad SMARTS) is 1. The fourth-order valence-electron chi connectivity index (χ4n) is 4.32. The molecular weight excluding hydrogens is 356 g/mol. The summed E-state index contributed by atoms with van der Waals surface area (Å²) in [5.41, 5.74) is 0.266. The molecule has 2 heterocycles. The highest BCUT2D eigenvalue weighted by Gasteiger charge is 2.56. The second kappa shape index (κ2) is 7.62. The number of nitrogens with zero attached hydrogens (tertiary/aromatic N) is 2. The molecule has 2 fully saturated rings. The summed E-state index contributed by atoms with van der Waals surface area (Å²) < 4.78 is 11.3. The second-order valence-electron chi connectivity index (χ2n) is 7.28. The first-order valence-corrected chi connectivity index (χ1v) is 9.49. The van der Waals surface area contributed by atoms with E-state index in [4.69, 9.17) is 21.1 Å². The molecule has 144 valence electrons. The van der Waals surface area contributed by atoms with Crippen LogP contribution in [0, 0.1) is 11.3 Å². The summed E-state index contributed by atoms with van der Waals surface area (Å²) >= 11 is 6.47. The molecule has 0 aromatic heterocycles. The van der Waals surface area contributed by atoms with Crippen LogP contribution in [0.4, 0.5) is 0 Å².